The topological polar surface area (TPSA) is 368 Å². The Morgan fingerprint density at radius 3 is 1.15 bits per heavy atom. The molecular weight excluding hydrogens is 1500 g/mol. The van der Waals surface area contributed by atoms with E-state index in [0.29, 0.717) is 77.3 Å². The fraction of sp³-hybridized carbons (Fsp3) is 0.488. The van der Waals surface area contributed by atoms with Gasteiger partial charge in [0.2, 0.25) is 0 Å². The van der Waals surface area contributed by atoms with Crippen molar-refractivity contribution in [2.45, 2.75) is 278 Å². The van der Waals surface area contributed by atoms with Gasteiger partial charge < -0.3 is 37.2 Å². The van der Waals surface area contributed by atoms with Crippen LogP contribution in [0, 0.1) is 0 Å². The van der Waals surface area contributed by atoms with Gasteiger partial charge in [0.15, 0.2) is 28.7 Å². The Morgan fingerprint density at radius 2 is 0.624 bits per heavy atom. The van der Waals surface area contributed by atoms with E-state index in [9.17, 15) is 0 Å². The van der Waals surface area contributed by atoms with Crippen LogP contribution >= 0.6 is 22.7 Å². The monoisotopic (exact) mass is 1620 g/mol. The van der Waals surface area contributed by atoms with Gasteiger partial charge in [-0.2, -0.15) is 0 Å². The normalized spacial score (nSPS) is 11.5. The highest BCUT2D eigenvalue weighted by Gasteiger charge is 2.20. The maximum absolute atomic E-state index is 4.60. The van der Waals surface area contributed by atoms with Gasteiger partial charge >= 0.3 is 0 Å². The molecule has 0 aromatic carbocycles. The lowest BCUT2D eigenvalue weighted by Gasteiger charge is -2.14. The van der Waals surface area contributed by atoms with Crippen LogP contribution in [0.4, 0.5) is 40.7 Å². The van der Waals surface area contributed by atoms with Crippen molar-refractivity contribution in [2.24, 2.45) is 0 Å². The van der Waals surface area contributed by atoms with Crippen molar-refractivity contribution in [1.82, 2.24) is 110 Å². The van der Waals surface area contributed by atoms with Crippen molar-refractivity contribution in [1.29, 1.82) is 0 Å². The standard InChI is InChI=1S/2C13H18N4.3C12H17N5.2C12H17N3S/c1-8(2)12-16-11-5-6-14-7-10(11)13(17-12)15-9(3)4;1-8(2)12-16-10-6-5-7-14-11(10)13(17-12)15-9(3)4;1-7(2)11-16-9-5-13-6-14-10(9)12(17-11)15-8(3)4;1-7(2)10-16-11-9(5-13-6-14-11)12(17-10)15-8(3)4;1-7(2)10-16-11-9(13-5-6-14-11)12(17-10)15-8(3)4;1-7(2)11-14-9-5-6-16-10(9)12(15-11)13-8(3)4;1-7(2)10-14-11(13-8(3)4)9-5-6-16-12(9)15-10/h2*5-9H,1-4H3,(H,15,16,17);5-8H,1-4H3,(H,15,16,17);5-8H,1-4H3,(H,13,14,15,16,17);5-8H,1-4H3,(H,14,15,16,17);2*5-8H,1-4H3,(H,13,14,15). The van der Waals surface area contributed by atoms with Crippen LogP contribution in [0.3, 0.4) is 0 Å². The average Bonchev–Trinajstić information content (AvgIpc) is 1.81. The van der Waals surface area contributed by atoms with Gasteiger partial charge in [-0.15, -0.1) is 22.7 Å². The Kier molecular flexibility index (Phi) is 33.8. The molecule has 14 aromatic rings. The summed E-state index contributed by atoms with van der Waals surface area (Å²) in [7, 11) is 0. The van der Waals surface area contributed by atoms with E-state index in [2.05, 4.69) is 364 Å². The molecule has 0 atom stereocenters. The highest BCUT2D eigenvalue weighted by Crippen LogP contribution is 2.32. The van der Waals surface area contributed by atoms with Crippen molar-refractivity contribution < 1.29 is 0 Å². The molecule has 0 radical (unpaired) electrons. The highest BCUT2D eigenvalue weighted by molar-refractivity contribution is 7.17. The molecule has 0 amide bonds. The summed E-state index contributed by atoms with van der Waals surface area (Å²) in [5, 5.41) is 30.5. The van der Waals surface area contributed by atoms with E-state index in [1.165, 1.54) is 12.7 Å². The molecule has 14 aromatic heterocycles. The number of pyridine rings is 2. The van der Waals surface area contributed by atoms with Crippen LogP contribution in [0.1, 0.15) is 276 Å². The Bertz CT molecular complexity index is 4810. The Hall–Kier alpha value is -11.1. The number of hydrogen-bond donors (Lipinski definition) is 7. The van der Waals surface area contributed by atoms with Crippen molar-refractivity contribution in [3.63, 3.8) is 0 Å². The molecule has 0 bridgehead atoms. The molecule has 622 valence electrons. The molecule has 0 unspecified atom stereocenters. The fourth-order valence-electron chi connectivity index (χ4n) is 10.9. The third-order valence-corrected chi connectivity index (χ3v) is 18.1. The first-order valence-corrected chi connectivity index (χ1v) is 42.3. The van der Waals surface area contributed by atoms with Crippen molar-refractivity contribution in [2.75, 3.05) is 37.2 Å². The molecule has 0 fully saturated rings. The summed E-state index contributed by atoms with van der Waals surface area (Å²) in [5.41, 5.74) is 7.36. The van der Waals surface area contributed by atoms with Gasteiger partial charge in [0, 0.05) is 121 Å². The predicted molar refractivity (Wildman–Crippen MR) is 485 cm³/mol. The molecule has 0 aliphatic heterocycles. The van der Waals surface area contributed by atoms with E-state index in [1.54, 1.807) is 59.9 Å². The van der Waals surface area contributed by atoms with Crippen molar-refractivity contribution >= 4 is 139 Å². The summed E-state index contributed by atoms with van der Waals surface area (Å²) in [5.74, 6) is 14.2. The van der Waals surface area contributed by atoms with Crippen molar-refractivity contribution in [3.05, 3.63) is 138 Å². The third-order valence-electron chi connectivity index (χ3n) is 16.4. The zero-order valence-corrected chi connectivity index (χ0v) is 75.1. The van der Waals surface area contributed by atoms with Crippen LogP contribution < -0.4 is 37.2 Å². The van der Waals surface area contributed by atoms with Gasteiger partial charge in [0.05, 0.1) is 43.6 Å². The minimum atomic E-state index is 0.272. The second-order valence-electron chi connectivity index (χ2n) is 32.5. The molecule has 0 saturated carbocycles. The molecule has 29 nitrogen and oxygen atoms in total. The van der Waals surface area contributed by atoms with Gasteiger partial charge in [-0.25, -0.2) is 99.7 Å². The molecule has 31 heteroatoms. The molecule has 14 rings (SSSR count). The van der Waals surface area contributed by atoms with Crippen LogP contribution in [0.5, 0.6) is 0 Å². The average molecular weight is 1630 g/mol. The first kappa shape index (κ1) is 91.4. The number of fused-ring (bicyclic) bond motifs is 7. The van der Waals surface area contributed by atoms with Gasteiger partial charge in [0.25, 0.3) is 0 Å². The SMILES string of the molecule is CC(C)Nc1nc(C(C)C)nc2cccnc12.CC(C)Nc1nc(C(C)C)nc2ccncc12.CC(C)Nc1nc(C(C)C)nc2ccsc12.CC(C)Nc1nc(C(C)C)nc2cncnc12.CC(C)Nc1nc(C(C)C)nc2nccnc12.CC(C)Nc1nc(C(C)C)nc2ncncc12.CC(C)Nc1nc(C(C)C)nc2sccc12. The first-order valence-electron chi connectivity index (χ1n) is 40.6. The quantitative estimate of drug-likeness (QED) is 0.0351. The van der Waals surface area contributed by atoms with E-state index < -0.39 is 0 Å². The van der Waals surface area contributed by atoms with E-state index in [0.717, 1.165) is 146 Å². The lowest BCUT2D eigenvalue weighted by atomic mass is 10.2. The second kappa shape index (κ2) is 43.2. The van der Waals surface area contributed by atoms with E-state index in [-0.39, 0.29) is 17.8 Å². The number of nitrogens with one attached hydrogen (secondary N) is 7. The largest absolute Gasteiger partial charge is 0.367 e. The molecular formula is C86H121N29S2. The fourth-order valence-corrected chi connectivity index (χ4v) is 12.4. The zero-order chi connectivity index (χ0) is 85.5. The van der Waals surface area contributed by atoms with Gasteiger partial charge in [-0.05, 0) is 138 Å². The molecule has 0 aliphatic rings. The van der Waals surface area contributed by atoms with Gasteiger partial charge in [-0.1, -0.05) is 96.9 Å². The smallest absolute Gasteiger partial charge is 0.183 e. The summed E-state index contributed by atoms with van der Waals surface area (Å²) in [6.45, 7) is 58.6. The minimum Gasteiger partial charge on any atom is -0.367 e. The summed E-state index contributed by atoms with van der Waals surface area (Å²) < 4.78 is 1.15. The first-order chi connectivity index (χ1) is 55.5. The van der Waals surface area contributed by atoms with Crippen LogP contribution in [0.15, 0.2) is 97.1 Å². The second-order valence-corrected chi connectivity index (χ2v) is 34.3. The summed E-state index contributed by atoms with van der Waals surface area (Å²) in [6.07, 6.45) is 15.2. The highest BCUT2D eigenvalue weighted by atomic mass is 32.1. The number of hydrogen-bond acceptors (Lipinski definition) is 31. The number of rotatable bonds is 21. The van der Waals surface area contributed by atoms with Crippen LogP contribution in [0.2, 0.25) is 0 Å². The minimum absolute atomic E-state index is 0.272. The molecule has 0 spiro atoms. The van der Waals surface area contributed by atoms with Crippen molar-refractivity contribution in [3.8, 4) is 0 Å². The lowest BCUT2D eigenvalue weighted by Crippen LogP contribution is -2.14. The molecule has 7 N–H and O–H groups in total. The van der Waals surface area contributed by atoms with E-state index in [1.807, 2.05) is 24.4 Å². The molecule has 0 aliphatic carbocycles. The molecule has 0 saturated heterocycles. The Balaban J connectivity index is 0.000000170. The maximum atomic E-state index is 4.60. The molecule has 14 heterocycles. The predicted octanol–water partition coefficient (Wildman–Crippen LogP) is 20.3. The lowest BCUT2D eigenvalue weighted by molar-refractivity contribution is 0.775. The number of thiophene rings is 2. The van der Waals surface area contributed by atoms with Crippen LogP contribution in [-0.4, -0.2) is 152 Å². The van der Waals surface area contributed by atoms with Gasteiger partial charge in [-0.3, -0.25) is 9.97 Å². The summed E-state index contributed by atoms with van der Waals surface area (Å²) in [6, 6.07) is 12.3. The summed E-state index contributed by atoms with van der Waals surface area (Å²) >= 11 is 3.36. The third kappa shape index (κ3) is 26.7. The van der Waals surface area contributed by atoms with Crippen LogP contribution in [-0.2, 0) is 0 Å². The number of anilines is 7. The molecule has 117 heavy (non-hydrogen) atoms. The Morgan fingerprint density at radius 1 is 0.248 bits per heavy atom. The Labute approximate surface area is 697 Å². The number of nitrogens with zero attached hydrogens (tertiary/aromatic N) is 22. The van der Waals surface area contributed by atoms with Crippen LogP contribution in [0.25, 0.3) is 75.6 Å². The van der Waals surface area contributed by atoms with Gasteiger partial charge in [0.1, 0.15) is 104 Å². The summed E-state index contributed by atoms with van der Waals surface area (Å²) in [4.78, 5) is 98.0. The maximum Gasteiger partial charge on any atom is 0.183 e. The number of aromatic nitrogens is 22. The van der Waals surface area contributed by atoms with E-state index in [4.69, 9.17) is 0 Å². The van der Waals surface area contributed by atoms with E-state index >= 15 is 0 Å². The zero-order valence-electron chi connectivity index (χ0n) is 73.5.